The summed E-state index contributed by atoms with van der Waals surface area (Å²) in [6.07, 6.45) is 1.48. The Morgan fingerprint density at radius 2 is 2.39 bits per heavy atom. The molecule has 1 saturated heterocycles. The number of thiophene rings is 1. The van der Waals surface area contributed by atoms with Crippen LogP contribution in [0.1, 0.15) is 29.5 Å². The fourth-order valence-electron chi connectivity index (χ4n) is 2.52. The van der Waals surface area contributed by atoms with E-state index in [1.807, 2.05) is 6.92 Å². The lowest BCUT2D eigenvalue weighted by atomic mass is 9.84. The molecule has 2 rings (SSSR count). The van der Waals surface area contributed by atoms with Gasteiger partial charge in [0.1, 0.15) is 0 Å². The van der Waals surface area contributed by atoms with E-state index >= 15 is 0 Å². The summed E-state index contributed by atoms with van der Waals surface area (Å²) in [5.74, 6) is -0.643. The monoisotopic (exact) mass is 331 g/mol. The van der Waals surface area contributed by atoms with E-state index < -0.39 is 11.4 Å². The zero-order valence-electron chi connectivity index (χ0n) is 10.7. The van der Waals surface area contributed by atoms with Gasteiger partial charge in [-0.15, -0.1) is 11.3 Å². The van der Waals surface area contributed by atoms with Crippen molar-refractivity contribution in [2.75, 3.05) is 13.1 Å². The first-order valence-corrected chi connectivity index (χ1v) is 7.78. The van der Waals surface area contributed by atoms with Gasteiger partial charge in [-0.05, 0) is 48.3 Å². The number of hydrogen-bond acceptors (Lipinski definition) is 3. The van der Waals surface area contributed by atoms with Gasteiger partial charge in [0.25, 0.3) is 0 Å². The quantitative estimate of drug-likeness (QED) is 0.917. The lowest BCUT2D eigenvalue weighted by molar-refractivity contribution is -0.148. The molecule has 0 amide bonds. The van der Waals surface area contributed by atoms with Crippen molar-refractivity contribution in [1.82, 2.24) is 4.90 Å². The number of aliphatic carboxylic acids is 1. The molecule has 100 valence electrons. The molecule has 1 N–H and O–H groups in total. The first-order chi connectivity index (χ1) is 8.47. The van der Waals surface area contributed by atoms with E-state index in [9.17, 15) is 9.90 Å². The Labute approximate surface area is 120 Å². The Morgan fingerprint density at radius 3 is 2.83 bits per heavy atom. The van der Waals surface area contributed by atoms with Crippen LogP contribution in [0.2, 0.25) is 0 Å². The highest BCUT2D eigenvalue weighted by molar-refractivity contribution is 9.10. The molecular weight excluding hydrogens is 314 g/mol. The van der Waals surface area contributed by atoms with Crippen molar-refractivity contribution in [3.05, 3.63) is 20.3 Å². The summed E-state index contributed by atoms with van der Waals surface area (Å²) in [5, 5.41) is 9.36. The average molecular weight is 332 g/mol. The number of aryl methyl sites for hydroxylation is 1. The molecular formula is C13H18BrNO2S. The molecule has 1 aliphatic rings. The van der Waals surface area contributed by atoms with Gasteiger partial charge in [-0.2, -0.15) is 0 Å². The number of carboxylic acid groups (broad SMARTS) is 1. The molecule has 0 spiro atoms. The van der Waals surface area contributed by atoms with Crippen molar-refractivity contribution >= 4 is 33.2 Å². The molecule has 3 nitrogen and oxygen atoms in total. The highest BCUT2D eigenvalue weighted by atomic mass is 79.9. The number of likely N-dealkylation sites (tertiary alicyclic amines) is 1. The molecule has 2 heterocycles. The van der Waals surface area contributed by atoms with Crippen molar-refractivity contribution in [1.29, 1.82) is 0 Å². The highest BCUT2D eigenvalue weighted by Crippen LogP contribution is 2.36. The number of carbonyl (C=O) groups is 1. The summed E-state index contributed by atoms with van der Waals surface area (Å²) in [7, 11) is 0. The van der Waals surface area contributed by atoms with E-state index in [2.05, 4.69) is 33.8 Å². The Hall–Kier alpha value is -0.390. The maximum Gasteiger partial charge on any atom is 0.310 e. The Balaban J connectivity index is 2.03. The summed E-state index contributed by atoms with van der Waals surface area (Å²) in [4.78, 5) is 16.2. The van der Waals surface area contributed by atoms with Crippen molar-refractivity contribution < 1.29 is 9.90 Å². The molecule has 0 aliphatic carbocycles. The molecule has 5 heteroatoms. The highest BCUT2D eigenvalue weighted by Gasteiger charge is 2.43. The van der Waals surface area contributed by atoms with Crippen LogP contribution in [0.3, 0.4) is 0 Å². The van der Waals surface area contributed by atoms with Crippen LogP contribution >= 0.6 is 27.3 Å². The first-order valence-electron chi connectivity index (χ1n) is 6.17. The van der Waals surface area contributed by atoms with Gasteiger partial charge in [0, 0.05) is 27.3 Å². The molecule has 0 aromatic carbocycles. The number of hydrogen-bond donors (Lipinski definition) is 1. The van der Waals surface area contributed by atoms with Gasteiger partial charge in [-0.25, -0.2) is 0 Å². The maximum absolute atomic E-state index is 11.4. The number of carboxylic acids is 1. The molecule has 1 unspecified atom stereocenters. The van der Waals surface area contributed by atoms with E-state index in [1.54, 1.807) is 11.3 Å². The number of halogens is 1. The minimum Gasteiger partial charge on any atom is -0.481 e. The van der Waals surface area contributed by atoms with Gasteiger partial charge in [-0.3, -0.25) is 9.69 Å². The summed E-state index contributed by atoms with van der Waals surface area (Å²) in [6.45, 7) is 6.49. The molecule has 1 atom stereocenters. The lowest BCUT2D eigenvalue weighted by Crippen LogP contribution is -2.33. The van der Waals surface area contributed by atoms with Gasteiger partial charge < -0.3 is 5.11 Å². The Kier molecular flexibility index (Phi) is 4.14. The third-order valence-corrected chi connectivity index (χ3v) is 5.97. The van der Waals surface area contributed by atoms with Crippen molar-refractivity contribution in [3.8, 4) is 0 Å². The smallest absolute Gasteiger partial charge is 0.310 e. The summed E-state index contributed by atoms with van der Waals surface area (Å²) in [5.41, 5.74) is -0.524. The summed E-state index contributed by atoms with van der Waals surface area (Å²) in [6, 6.07) is 2.15. The van der Waals surface area contributed by atoms with Crippen LogP contribution in [0, 0.1) is 12.3 Å². The lowest BCUT2D eigenvalue weighted by Gasteiger charge is -2.22. The number of rotatable bonds is 4. The summed E-state index contributed by atoms with van der Waals surface area (Å²) >= 11 is 5.30. The third kappa shape index (κ3) is 2.63. The van der Waals surface area contributed by atoms with Crippen LogP contribution in [0.25, 0.3) is 0 Å². The molecule has 1 fully saturated rings. The topological polar surface area (TPSA) is 40.5 Å². The predicted molar refractivity (Wildman–Crippen MR) is 77.0 cm³/mol. The van der Waals surface area contributed by atoms with Crippen molar-refractivity contribution in [2.24, 2.45) is 5.41 Å². The second-order valence-corrected chi connectivity index (χ2v) is 7.21. The molecule has 1 aliphatic heterocycles. The predicted octanol–water partition coefficient (Wildman–Crippen LogP) is 3.51. The zero-order valence-corrected chi connectivity index (χ0v) is 13.1. The maximum atomic E-state index is 11.4. The largest absolute Gasteiger partial charge is 0.481 e. The van der Waals surface area contributed by atoms with Gasteiger partial charge in [0.15, 0.2) is 0 Å². The van der Waals surface area contributed by atoms with E-state index in [0.29, 0.717) is 13.0 Å². The SMILES string of the molecule is CCC1(C(=O)O)CCN(Cc2cc(Br)c(C)s2)C1. The molecule has 0 radical (unpaired) electrons. The van der Waals surface area contributed by atoms with Crippen LogP contribution in [0.5, 0.6) is 0 Å². The van der Waals surface area contributed by atoms with Crippen LogP contribution in [0.15, 0.2) is 10.5 Å². The Morgan fingerprint density at radius 1 is 1.67 bits per heavy atom. The van der Waals surface area contributed by atoms with Crippen LogP contribution in [0.4, 0.5) is 0 Å². The van der Waals surface area contributed by atoms with Crippen LogP contribution < -0.4 is 0 Å². The first kappa shape index (κ1) is 14.0. The van der Waals surface area contributed by atoms with E-state index in [1.165, 1.54) is 9.75 Å². The van der Waals surface area contributed by atoms with Crippen molar-refractivity contribution in [2.45, 2.75) is 33.2 Å². The van der Waals surface area contributed by atoms with Crippen LogP contribution in [-0.4, -0.2) is 29.1 Å². The minimum absolute atomic E-state index is 0.524. The second-order valence-electron chi connectivity index (χ2n) is 5.02. The van der Waals surface area contributed by atoms with E-state index in [4.69, 9.17) is 0 Å². The molecule has 18 heavy (non-hydrogen) atoms. The normalized spacial score (nSPS) is 24.6. The fraction of sp³-hybridized carbons (Fsp3) is 0.615. The average Bonchev–Trinajstić information content (AvgIpc) is 2.85. The second kappa shape index (κ2) is 5.31. The fourth-order valence-corrected chi connectivity index (χ4v) is 4.17. The van der Waals surface area contributed by atoms with Gasteiger partial charge in [0.2, 0.25) is 0 Å². The van der Waals surface area contributed by atoms with Crippen LogP contribution in [-0.2, 0) is 11.3 Å². The van der Waals surface area contributed by atoms with Gasteiger partial charge in [-0.1, -0.05) is 6.92 Å². The molecule has 1 aromatic rings. The summed E-state index contributed by atoms with van der Waals surface area (Å²) < 4.78 is 1.15. The third-order valence-electron chi connectivity index (χ3n) is 3.85. The minimum atomic E-state index is -0.643. The zero-order chi connectivity index (χ0) is 13.3. The Bertz CT molecular complexity index is 440. The van der Waals surface area contributed by atoms with Gasteiger partial charge in [0.05, 0.1) is 5.41 Å². The molecule has 0 saturated carbocycles. The molecule has 0 bridgehead atoms. The standard InChI is InChI=1S/C13H18BrNO2S/c1-3-13(12(16)17)4-5-15(8-13)7-10-6-11(14)9(2)18-10/h6H,3-5,7-8H2,1-2H3,(H,16,17). The van der Waals surface area contributed by atoms with E-state index in [-0.39, 0.29) is 0 Å². The van der Waals surface area contributed by atoms with E-state index in [0.717, 1.165) is 24.0 Å². The van der Waals surface area contributed by atoms with Crippen molar-refractivity contribution in [3.63, 3.8) is 0 Å². The molecule has 1 aromatic heterocycles. The van der Waals surface area contributed by atoms with Gasteiger partial charge >= 0.3 is 5.97 Å². The number of nitrogens with zero attached hydrogens (tertiary/aromatic N) is 1.